The van der Waals surface area contributed by atoms with E-state index in [0.29, 0.717) is 11.6 Å². The lowest BCUT2D eigenvalue weighted by atomic mass is 10.1. The van der Waals surface area contributed by atoms with Gasteiger partial charge in [-0.15, -0.1) is 10.2 Å². The van der Waals surface area contributed by atoms with Gasteiger partial charge in [0.15, 0.2) is 15.5 Å². The summed E-state index contributed by atoms with van der Waals surface area (Å²) in [5.74, 6) is -0.231. The van der Waals surface area contributed by atoms with Crippen molar-refractivity contribution in [1.82, 2.24) is 20.0 Å². The van der Waals surface area contributed by atoms with Crippen molar-refractivity contribution >= 4 is 32.2 Å². The topological polar surface area (TPSA) is 107 Å². The number of hydrogen-bond acceptors (Lipinski definition) is 7. The molecule has 2 aromatic heterocycles. The lowest BCUT2D eigenvalue weighted by Crippen LogP contribution is -2.16. The SMILES string of the molecule is Cc1nnc(NC(=O)c2cc(-c3ccccc3)n([C@H]3CCS(=O)(=O)C3)n2)s1. The second-order valence-corrected chi connectivity index (χ2v) is 9.77. The van der Waals surface area contributed by atoms with Crippen molar-refractivity contribution in [2.45, 2.75) is 19.4 Å². The van der Waals surface area contributed by atoms with Crippen LogP contribution in [0.15, 0.2) is 36.4 Å². The van der Waals surface area contributed by atoms with Crippen molar-refractivity contribution < 1.29 is 13.2 Å². The predicted molar refractivity (Wildman–Crippen MR) is 103 cm³/mol. The Morgan fingerprint density at radius 1 is 1.26 bits per heavy atom. The van der Waals surface area contributed by atoms with Gasteiger partial charge in [0.1, 0.15) is 5.01 Å². The summed E-state index contributed by atoms with van der Waals surface area (Å²) < 4.78 is 25.5. The summed E-state index contributed by atoms with van der Waals surface area (Å²) in [5.41, 5.74) is 1.81. The lowest BCUT2D eigenvalue weighted by molar-refractivity contribution is 0.102. The van der Waals surface area contributed by atoms with Crippen LogP contribution in [-0.2, 0) is 9.84 Å². The predicted octanol–water partition coefficient (Wildman–Crippen LogP) is 2.32. The molecule has 0 saturated carbocycles. The molecule has 1 aromatic carbocycles. The van der Waals surface area contributed by atoms with Crippen LogP contribution in [-0.4, -0.2) is 45.8 Å². The first kappa shape index (κ1) is 17.8. The largest absolute Gasteiger partial charge is 0.295 e. The number of nitrogens with one attached hydrogen (secondary N) is 1. The van der Waals surface area contributed by atoms with Gasteiger partial charge in [0.2, 0.25) is 5.13 Å². The van der Waals surface area contributed by atoms with E-state index in [2.05, 4.69) is 20.6 Å². The van der Waals surface area contributed by atoms with E-state index in [1.165, 1.54) is 11.3 Å². The highest BCUT2D eigenvalue weighted by molar-refractivity contribution is 7.91. The highest BCUT2D eigenvalue weighted by atomic mass is 32.2. The molecule has 4 rings (SSSR count). The monoisotopic (exact) mass is 403 g/mol. The van der Waals surface area contributed by atoms with Crippen molar-refractivity contribution in [2.24, 2.45) is 0 Å². The van der Waals surface area contributed by atoms with E-state index in [9.17, 15) is 13.2 Å². The molecule has 3 aromatic rings. The summed E-state index contributed by atoms with van der Waals surface area (Å²) in [6, 6.07) is 10.9. The van der Waals surface area contributed by atoms with Crippen molar-refractivity contribution in [3.05, 3.63) is 47.1 Å². The van der Waals surface area contributed by atoms with Gasteiger partial charge in [-0.05, 0) is 25.0 Å². The number of aromatic nitrogens is 4. The molecule has 3 heterocycles. The Labute approximate surface area is 160 Å². The Bertz CT molecular complexity index is 1090. The standard InChI is InChI=1S/C17H17N5O3S2/c1-11-19-20-17(26-11)18-16(23)14-9-15(12-5-3-2-4-6-12)22(21-14)13-7-8-27(24,25)10-13/h2-6,9,13H,7-8,10H2,1H3,(H,18,20,23)/t13-/m0/s1. The fourth-order valence-electron chi connectivity index (χ4n) is 3.08. The molecular formula is C17H17N5O3S2. The van der Waals surface area contributed by atoms with Gasteiger partial charge in [0.05, 0.1) is 23.2 Å². The summed E-state index contributed by atoms with van der Waals surface area (Å²) in [4.78, 5) is 12.6. The average Bonchev–Trinajstić information content (AvgIpc) is 3.34. The third kappa shape index (κ3) is 3.76. The third-order valence-corrected chi connectivity index (χ3v) is 6.84. The van der Waals surface area contributed by atoms with E-state index in [1.54, 1.807) is 17.7 Å². The minimum absolute atomic E-state index is 0.0329. The summed E-state index contributed by atoms with van der Waals surface area (Å²) >= 11 is 1.28. The normalized spacial score (nSPS) is 18.5. The zero-order valence-corrected chi connectivity index (χ0v) is 16.1. The van der Waals surface area contributed by atoms with Crippen LogP contribution in [0.2, 0.25) is 0 Å². The maximum atomic E-state index is 12.6. The highest BCUT2D eigenvalue weighted by Gasteiger charge is 2.32. The number of sulfone groups is 1. The number of anilines is 1. The fourth-order valence-corrected chi connectivity index (χ4v) is 5.36. The molecule has 0 aliphatic carbocycles. The van der Waals surface area contributed by atoms with Crippen LogP contribution < -0.4 is 5.32 Å². The van der Waals surface area contributed by atoms with E-state index in [1.807, 2.05) is 30.3 Å². The van der Waals surface area contributed by atoms with Crippen LogP contribution in [0.4, 0.5) is 5.13 Å². The number of benzene rings is 1. The first-order valence-electron chi connectivity index (χ1n) is 8.38. The van der Waals surface area contributed by atoms with Crippen LogP contribution in [0.3, 0.4) is 0 Å². The lowest BCUT2D eigenvalue weighted by Gasteiger charge is -2.13. The molecular weight excluding hydrogens is 386 g/mol. The van der Waals surface area contributed by atoms with Gasteiger partial charge >= 0.3 is 0 Å². The number of rotatable bonds is 4. The van der Waals surface area contributed by atoms with E-state index in [4.69, 9.17) is 0 Å². The Balaban J connectivity index is 1.70. The Hall–Kier alpha value is -2.59. The number of carbonyl (C=O) groups excluding carboxylic acids is 1. The first-order valence-corrected chi connectivity index (χ1v) is 11.0. The number of nitrogens with zero attached hydrogens (tertiary/aromatic N) is 4. The van der Waals surface area contributed by atoms with Crippen molar-refractivity contribution in [2.75, 3.05) is 16.8 Å². The molecule has 1 saturated heterocycles. The molecule has 0 radical (unpaired) electrons. The van der Waals surface area contributed by atoms with Crippen LogP contribution in [0.25, 0.3) is 11.3 Å². The minimum atomic E-state index is -3.08. The molecule has 1 N–H and O–H groups in total. The highest BCUT2D eigenvalue weighted by Crippen LogP contribution is 2.30. The molecule has 1 fully saturated rings. The van der Waals surface area contributed by atoms with Gasteiger partial charge in [-0.3, -0.25) is 14.8 Å². The van der Waals surface area contributed by atoms with Gasteiger partial charge < -0.3 is 0 Å². The minimum Gasteiger partial charge on any atom is -0.295 e. The molecule has 140 valence electrons. The van der Waals surface area contributed by atoms with Crippen molar-refractivity contribution in [3.63, 3.8) is 0 Å². The molecule has 0 unspecified atom stereocenters. The zero-order chi connectivity index (χ0) is 19.0. The molecule has 10 heteroatoms. The molecule has 0 bridgehead atoms. The van der Waals surface area contributed by atoms with E-state index < -0.39 is 15.7 Å². The summed E-state index contributed by atoms with van der Waals surface area (Å²) in [6.45, 7) is 1.80. The third-order valence-electron chi connectivity index (χ3n) is 4.34. The van der Waals surface area contributed by atoms with Gasteiger partial charge in [-0.2, -0.15) is 5.10 Å². The number of aryl methyl sites for hydroxylation is 1. The van der Waals surface area contributed by atoms with Gasteiger partial charge in [-0.25, -0.2) is 8.42 Å². The van der Waals surface area contributed by atoms with Crippen molar-refractivity contribution in [1.29, 1.82) is 0 Å². The molecule has 1 aliphatic heterocycles. The maximum absolute atomic E-state index is 12.6. The second-order valence-electron chi connectivity index (χ2n) is 6.36. The number of amides is 1. The smallest absolute Gasteiger partial charge is 0.278 e. The summed E-state index contributed by atoms with van der Waals surface area (Å²) in [5, 5.41) is 16.0. The van der Waals surface area contributed by atoms with Crippen LogP contribution in [0.5, 0.6) is 0 Å². The van der Waals surface area contributed by atoms with Crippen LogP contribution >= 0.6 is 11.3 Å². The molecule has 1 aliphatic rings. The summed E-state index contributed by atoms with van der Waals surface area (Å²) in [6.07, 6.45) is 0.487. The van der Waals surface area contributed by atoms with Gasteiger partial charge in [0, 0.05) is 0 Å². The molecule has 8 nitrogen and oxygen atoms in total. The summed E-state index contributed by atoms with van der Waals surface area (Å²) in [7, 11) is -3.08. The van der Waals surface area contributed by atoms with Crippen LogP contribution in [0, 0.1) is 6.92 Å². The van der Waals surface area contributed by atoms with Crippen LogP contribution in [0.1, 0.15) is 28.0 Å². The first-order chi connectivity index (χ1) is 12.9. The quantitative estimate of drug-likeness (QED) is 0.716. The van der Waals surface area contributed by atoms with Crippen molar-refractivity contribution in [3.8, 4) is 11.3 Å². The average molecular weight is 403 g/mol. The number of carbonyl (C=O) groups is 1. The molecule has 1 atom stereocenters. The Kier molecular flexibility index (Phi) is 4.52. The molecule has 1 amide bonds. The van der Waals surface area contributed by atoms with E-state index in [-0.39, 0.29) is 23.2 Å². The fraction of sp³-hybridized carbons (Fsp3) is 0.294. The maximum Gasteiger partial charge on any atom is 0.278 e. The Morgan fingerprint density at radius 2 is 2.04 bits per heavy atom. The van der Waals surface area contributed by atoms with E-state index >= 15 is 0 Å². The van der Waals surface area contributed by atoms with Gasteiger partial charge in [-0.1, -0.05) is 41.7 Å². The van der Waals surface area contributed by atoms with E-state index in [0.717, 1.165) is 16.3 Å². The Morgan fingerprint density at radius 3 is 2.67 bits per heavy atom. The van der Waals surface area contributed by atoms with Gasteiger partial charge in [0.25, 0.3) is 5.91 Å². The molecule has 27 heavy (non-hydrogen) atoms. The zero-order valence-electron chi connectivity index (χ0n) is 14.5. The second kappa shape index (κ2) is 6.86. The number of hydrogen-bond donors (Lipinski definition) is 1. The molecule has 0 spiro atoms.